The van der Waals surface area contributed by atoms with Gasteiger partial charge in [-0.05, 0) is 61.6 Å². The lowest BCUT2D eigenvalue weighted by Gasteiger charge is -2.33. The van der Waals surface area contributed by atoms with Gasteiger partial charge < -0.3 is 27.4 Å². The molecule has 1 aliphatic rings. The van der Waals surface area contributed by atoms with Gasteiger partial charge in [-0.1, -0.05) is 32.9 Å². The van der Waals surface area contributed by atoms with Crippen LogP contribution in [0.4, 0.5) is 11.5 Å². The standard InChI is InChI=1S/C25H32N6O2S.CH4/c1-2-3-17-14-19(30-25-20(17)21(26)22(34-25)24(28)33)31-12-9-18(10-13-31)29-11-8-15-4-6-16(7-5-15)23(27)32;/h4-7,14,18,29H,2-3,8-13,26H2,1H3,(H2,27,32)(H2,28,33);1H4. The maximum atomic E-state index is 11.8. The predicted molar refractivity (Wildman–Crippen MR) is 145 cm³/mol. The average Bonchev–Trinajstić information content (AvgIpc) is 3.17. The monoisotopic (exact) mass is 496 g/mol. The van der Waals surface area contributed by atoms with Gasteiger partial charge in [0.25, 0.3) is 5.91 Å². The van der Waals surface area contributed by atoms with Crippen LogP contribution in [-0.2, 0) is 12.8 Å². The Morgan fingerprint density at radius 1 is 1.11 bits per heavy atom. The van der Waals surface area contributed by atoms with Crippen LogP contribution in [0.15, 0.2) is 30.3 Å². The summed E-state index contributed by atoms with van der Waals surface area (Å²) >= 11 is 1.29. The van der Waals surface area contributed by atoms with Crippen LogP contribution in [0, 0.1) is 0 Å². The van der Waals surface area contributed by atoms with Gasteiger partial charge in [0, 0.05) is 30.1 Å². The Kier molecular flexibility index (Phi) is 8.69. The molecule has 0 radical (unpaired) electrons. The zero-order chi connectivity index (χ0) is 24.2. The third kappa shape index (κ3) is 5.91. The van der Waals surface area contributed by atoms with E-state index >= 15 is 0 Å². The average molecular weight is 497 g/mol. The first-order valence-corrected chi connectivity index (χ1v) is 12.6. The number of thiophene rings is 1. The van der Waals surface area contributed by atoms with E-state index in [0.29, 0.717) is 22.2 Å². The van der Waals surface area contributed by atoms with Crippen molar-refractivity contribution in [2.45, 2.75) is 52.5 Å². The highest BCUT2D eigenvalue weighted by molar-refractivity contribution is 7.21. The van der Waals surface area contributed by atoms with E-state index in [9.17, 15) is 9.59 Å². The van der Waals surface area contributed by atoms with Crippen molar-refractivity contribution >= 4 is 44.9 Å². The van der Waals surface area contributed by atoms with Crippen LogP contribution >= 0.6 is 11.3 Å². The zero-order valence-electron chi connectivity index (χ0n) is 19.5. The van der Waals surface area contributed by atoms with Crippen LogP contribution in [0.3, 0.4) is 0 Å². The molecule has 2 amide bonds. The van der Waals surface area contributed by atoms with Crippen molar-refractivity contribution in [1.82, 2.24) is 10.3 Å². The highest BCUT2D eigenvalue weighted by Gasteiger charge is 2.23. The van der Waals surface area contributed by atoms with Crippen molar-refractivity contribution in [3.63, 3.8) is 0 Å². The third-order valence-electron chi connectivity index (χ3n) is 6.41. The van der Waals surface area contributed by atoms with E-state index in [2.05, 4.69) is 23.2 Å². The van der Waals surface area contributed by atoms with Crippen LogP contribution in [0.25, 0.3) is 10.2 Å². The van der Waals surface area contributed by atoms with Gasteiger partial charge in [0.2, 0.25) is 5.91 Å². The van der Waals surface area contributed by atoms with Gasteiger partial charge in [0.15, 0.2) is 0 Å². The molecule has 9 heteroatoms. The summed E-state index contributed by atoms with van der Waals surface area (Å²) in [5.74, 6) is 0.0455. The molecule has 0 atom stereocenters. The van der Waals surface area contributed by atoms with E-state index in [1.165, 1.54) is 16.9 Å². The topological polar surface area (TPSA) is 140 Å². The number of hydrogen-bond acceptors (Lipinski definition) is 7. The molecule has 8 nitrogen and oxygen atoms in total. The maximum Gasteiger partial charge on any atom is 0.260 e. The van der Waals surface area contributed by atoms with E-state index in [1.54, 1.807) is 12.1 Å². The Morgan fingerprint density at radius 2 is 1.80 bits per heavy atom. The second-order valence-corrected chi connectivity index (χ2v) is 9.80. The molecule has 7 N–H and O–H groups in total. The molecule has 0 saturated carbocycles. The molecule has 0 aliphatic carbocycles. The Balaban J connectivity index is 0.00000342. The van der Waals surface area contributed by atoms with Crippen LogP contribution in [0.5, 0.6) is 0 Å². The van der Waals surface area contributed by atoms with Crippen LogP contribution in [0.1, 0.15) is 64.8 Å². The number of nitrogen functional groups attached to an aromatic ring is 1. The summed E-state index contributed by atoms with van der Waals surface area (Å²) in [6.45, 7) is 4.85. The number of carbonyl (C=O) groups excluding carboxylic acids is 2. The highest BCUT2D eigenvalue weighted by Crippen LogP contribution is 2.37. The van der Waals surface area contributed by atoms with Crippen molar-refractivity contribution in [1.29, 1.82) is 0 Å². The minimum absolute atomic E-state index is 0. The number of fused-ring (bicyclic) bond motifs is 1. The Hall–Kier alpha value is -3.17. The fourth-order valence-electron chi connectivity index (χ4n) is 4.57. The lowest BCUT2D eigenvalue weighted by Crippen LogP contribution is -2.43. The number of primary amides is 2. The third-order valence-corrected chi connectivity index (χ3v) is 7.53. The van der Waals surface area contributed by atoms with Gasteiger partial charge in [-0.15, -0.1) is 11.3 Å². The summed E-state index contributed by atoms with van der Waals surface area (Å²) < 4.78 is 0. The largest absolute Gasteiger partial charge is 0.397 e. The first kappa shape index (κ1) is 26.4. The summed E-state index contributed by atoms with van der Waals surface area (Å²) in [7, 11) is 0. The first-order chi connectivity index (χ1) is 16.4. The molecule has 0 unspecified atom stereocenters. The van der Waals surface area contributed by atoms with Crippen molar-refractivity contribution in [3.8, 4) is 0 Å². The number of nitrogens with two attached hydrogens (primary N) is 3. The maximum absolute atomic E-state index is 11.8. The van der Waals surface area contributed by atoms with E-state index in [1.807, 2.05) is 12.1 Å². The van der Waals surface area contributed by atoms with Gasteiger partial charge >= 0.3 is 0 Å². The number of benzene rings is 1. The van der Waals surface area contributed by atoms with E-state index < -0.39 is 11.8 Å². The Morgan fingerprint density at radius 3 is 2.40 bits per heavy atom. The molecule has 2 aromatic heterocycles. The summed E-state index contributed by atoms with van der Waals surface area (Å²) in [6.07, 6.45) is 4.82. The number of rotatable bonds is 9. The number of nitrogens with one attached hydrogen (secondary N) is 1. The number of anilines is 2. The summed E-state index contributed by atoms with van der Waals surface area (Å²) in [6, 6.07) is 10.1. The van der Waals surface area contributed by atoms with Crippen molar-refractivity contribution in [3.05, 3.63) is 51.9 Å². The quantitative estimate of drug-likeness (QED) is 0.358. The molecule has 3 heterocycles. The van der Waals surface area contributed by atoms with Gasteiger partial charge in [-0.2, -0.15) is 0 Å². The van der Waals surface area contributed by atoms with E-state index in [0.717, 1.165) is 73.3 Å². The number of amides is 2. The molecule has 1 aromatic carbocycles. The molecule has 1 saturated heterocycles. The number of aromatic nitrogens is 1. The SMILES string of the molecule is C.CCCc1cc(N2CCC(NCCc3ccc(C(N)=O)cc3)CC2)nc2sc(C(N)=O)c(N)c12. The number of piperidine rings is 1. The van der Waals surface area contributed by atoms with Crippen molar-refractivity contribution in [2.24, 2.45) is 11.5 Å². The first-order valence-electron chi connectivity index (χ1n) is 11.8. The van der Waals surface area contributed by atoms with Crippen molar-refractivity contribution in [2.75, 3.05) is 30.3 Å². The van der Waals surface area contributed by atoms with Gasteiger partial charge in [0.05, 0.1) is 5.69 Å². The van der Waals surface area contributed by atoms with Gasteiger partial charge in [-0.3, -0.25) is 9.59 Å². The number of pyridine rings is 1. The second-order valence-electron chi connectivity index (χ2n) is 8.81. The molecular formula is C26H36N6O2S. The number of hydrogen-bond donors (Lipinski definition) is 4. The fraction of sp³-hybridized carbons (Fsp3) is 0.423. The highest BCUT2D eigenvalue weighted by atomic mass is 32.1. The molecular weight excluding hydrogens is 460 g/mol. The number of carbonyl (C=O) groups is 2. The lowest BCUT2D eigenvalue weighted by molar-refractivity contribution is 0.0993. The molecule has 3 aromatic rings. The van der Waals surface area contributed by atoms with Gasteiger partial charge in [0.1, 0.15) is 15.5 Å². The minimum Gasteiger partial charge on any atom is -0.397 e. The van der Waals surface area contributed by atoms with E-state index in [4.69, 9.17) is 22.2 Å². The summed E-state index contributed by atoms with van der Waals surface area (Å²) in [5.41, 5.74) is 20.4. The van der Waals surface area contributed by atoms with Crippen molar-refractivity contribution < 1.29 is 9.59 Å². The zero-order valence-corrected chi connectivity index (χ0v) is 20.3. The van der Waals surface area contributed by atoms with E-state index in [-0.39, 0.29) is 7.43 Å². The van der Waals surface area contributed by atoms with Crippen LogP contribution in [0.2, 0.25) is 0 Å². The molecule has 0 spiro atoms. The Bertz CT molecular complexity index is 1180. The number of aryl methyl sites for hydroxylation is 1. The molecule has 4 rings (SSSR count). The molecule has 188 valence electrons. The number of nitrogens with zero attached hydrogens (tertiary/aromatic N) is 2. The smallest absolute Gasteiger partial charge is 0.260 e. The summed E-state index contributed by atoms with van der Waals surface area (Å²) in [5, 5.41) is 4.54. The molecule has 1 aliphatic heterocycles. The second kappa shape index (κ2) is 11.5. The minimum atomic E-state index is -0.500. The van der Waals surface area contributed by atoms with Crippen LogP contribution in [-0.4, -0.2) is 42.5 Å². The Labute approximate surface area is 210 Å². The molecule has 1 fully saturated rings. The van der Waals surface area contributed by atoms with Gasteiger partial charge in [-0.25, -0.2) is 4.98 Å². The lowest BCUT2D eigenvalue weighted by atomic mass is 10.0. The molecule has 35 heavy (non-hydrogen) atoms. The predicted octanol–water partition coefficient (Wildman–Crippen LogP) is 3.47. The normalized spacial score (nSPS) is 14.1. The fourth-order valence-corrected chi connectivity index (χ4v) is 5.55. The molecule has 0 bridgehead atoms. The van der Waals surface area contributed by atoms with Crippen LogP contribution < -0.4 is 27.4 Å². The summed E-state index contributed by atoms with van der Waals surface area (Å²) in [4.78, 5) is 31.3.